The highest BCUT2D eigenvalue weighted by atomic mass is 16.6. The fourth-order valence-electron chi connectivity index (χ4n) is 2.73. The van der Waals surface area contributed by atoms with Gasteiger partial charge in [0.15, 0.2) is 0 Å². The molecule has 1 saturated heterocycles. The highest BCUT2D eigenvalue weighted by Crippen LogP contribution is 2.21. The van der Waals surface area contributed by atoms with Gasteiger partial charge in [-0.25, -0.2) is 4.79 Å². The number of likely N-dealkylation sites (tertiary alicyclic amines) is 1. The molecular formula is C18H34N2O4. The molecule has 1 aliphatic rings. The fraction of sp³-hybridized carbons (Fsp3) is 0.889. The van der Waals surface area contributed by atoms with Crippen LogP contribution in [0.5, 0.6) is 0 Å². The average molecular weight is 342 g/mol. The van der Waals surface area contributed by atoms with Crippen LogP contribution in [0.3, 0.4) is 0 Å². The summed E-state index contributed by atoms with van der Waals surface area (Å²) in [5.41, 5.74) is -0.539. The molecule has 0 spiro atoms. The molecule has 0 aromatic heterocycles. The van der Waals surface area contributed by atoms with Crippen molar-refractivity contribution in [3.05, 3.63) is 0 Å². The summed E-state index contributed by atoms with van der Waals surface area (Å²) in [5.74, 6) is 0.0200. The molecule has 0 aromatic rings. The first-order valence-corrected chi connectivity index (χ1v) is 9.02. The van der Waals surface area contributed by atoms with Gasteiger partial charge in [0.2, 0.25) is 0 Å². The predicted molar refractivity (Wildman–Crippen MR) is 93.8 cm³/mol. The molecule has 1 aliphatic heterocycles. The zero-order chi connectivity index (χ0) is 18.3. The van der Waals surface area contributed by atoms with Crippen LogP contribution in [0.2, 0.25) is 0 Å². The zero-order valence-corrected chi connectivity index (χ0v) is 16.1. The molecule has 1 rings (SSSR count). The van der Waals surface area contributed by atoms with Gasteiger partial charge in [0.1, 0.15) is 5.60 Å². The summed E-state index contributed by atoms with van der Waals surface area (Å²) in [6.45, 7) is 13.8. The van der Waals surface area contributed by atoms with Crippen LogP contribution in [0.4, 0.5) is 4.79 Å². The van der Waals surface area contributed by atoms with Gasteiger partial charge in [0.05, 0.1) is 12.5 Å². The van der Waals surface area contributed by atoms with Crippen molar-refractivity contribution in [1.29, 1.82) is 0 Å². The molecule has 1 N–H and O–H groups in total. The minimum Gasteiger partial charge on any atom is -0.466 e. The molecule has 24 heavy (non-hydrogen) atoms. The van der Waals surface area contributed by atoms with E-state index >= 15 is 0 Å². The Bertz CT molecular complexity index is 418. The lowest BCUT2D eigenvalue weighted by atomic mass is 9.92. The molecule has 6 nitrogen and oxygen atoms in total. The number of ether oxygens (including phenoxy) is 2. The van der Waals surface area contributed by atoms with Crippen LogP contribution in [-0.4, -0.2) is 54.8 Å². The molecule has 1 fully saturated rings. The first kappa shape index (κ1) is 20.7. The number of nitrogens with zero attached hydrogens (tertiary/aromatic N) is 1. The van der Waals surface area contributed by atoms with Gasteiger partial charge < -0.3 is 19.7 Å². The lowest BCUT2D eigenvalue weighted by Crippen LogP contribution is -2.54. The maximum atomic E-state index is 12.3. The molecule has 2 atom stereocenters. The number of rotatable bonds is 6. The summed E-state index contributed by atoms with van der Waals surface area (Å²) in [6.07, 6.45) is 1.42. The van der Waals surface area contributed by atoms with Gasteiger partial charge in [-0.1, -0.05) is 13.8 Å². The minimum absolute atomic E-state index is 0.0430. The molecule has 0 aromatic carbocycles. The number of piperidine rings is 1. The number of carbonyl (C=O) groups is 2. The smallest absolute Gasteiger partial charge is 0.410 e. The molecule has 0 bridgehead atoms. The normalized spacial score (nSPS) is 21.7. The summed E-state index contributed by atoms with van der Waals surface area (Å²) < 4.78 is 10.6. The molecule has 1 amide bonds. The molecule has 0 radical (unpaired) electrons. The molecule has 140 valence electrons. The Morgan fingerprint density at radius 1 is 1.29 bits per heavy atom. The molecule has 0 aliphatic carbocycles. The first-order valence-electron chi connectivity index (χ1n) is 9.02. The van der Waals surface area contributed by atoms with Crippen molar-refractivity contribution in [1.82, 2.24) is 10.2 Å². The second kappa shape index (κ2) is 9.25. The van der Waals surface area contributed by atoms with E-state index in [9.17, 15) is 9.59 Å². The number of hydrogen-bond donors (Lipinski definition) is 1. The Balaban J connectivity index is 2.69. The standard InChI is InChI=1S/C18H34N2O4/c1-7-23-16(21)14-12-20(17(22)24-18(4,5)6)11-9-15(14)19-10-8-13(2)3/h13-15,19H,7-12H2,1-6H3/t14-,15-/m1/s1. The van der Waals surface area contributed by atoms with Crippen molar-refractivity contribution in [2.75, 3.05) is 26.2 Å². The van der Waals surface area contributed by atoms with Gasteiger partial charge in [0.25, 0.3) is 0 Å². The van der Waals surface area contributed by atoms with Crippen LogP contribution < -0.4 is 5.32 Å². The van der Waals surface area contributed by atoms with E-state index in [0.717, 1.165) is 19.4 Å². The maximum absolute atomic E-state index is 12.3. The third-order valence-corrected chi connectivity index (χ3v) is 3.98. The first-order chi connectivity index (χ1) is 11.1. The van der Waals surface area contributed by atoms with Gasteiger partial charge in [-0.05, 0) is 53.0 Å². The van der Waals surface area contributed by atoms with Crippen molar-refractivity contribution in [2.45, 2.75) is 66.0 Å². The van der Waals surface area contributed by atoms with Crippen LogP contribution in [-0.2, 0) is 14.3 Å². The van der Waals surface area contributed by atoms with Gasteiger partial charge in [0, 0.05) is 19.1 Å². The van der Waals surface area contributed by atoms with Gasteiger partial charge in [-0.2, -0.15) is 0 Å². The van der Waals surface area contributed by atoms with E-state index in [1.165, 1.54) is 0 Å². The second-order valence-electron chi connectivity index (χ2n) is 7.82. The lowest BCUT2D eigenvalue weighted by Gasteiger charge is -2.38. The van der Waals surface area contributed by atoms with Gasteiger partial charge in [-0.15, -0.1) is 0 Å². The van der Waals surface area contributed by atoms with Crippen molar-refractivity contribution in [2.24, 2.45) is 11.8 Å². The largest absolute Gasteiger partial charge is 0.466 e. The quantitative estimate of drug-likeness (QED) is 0.752. The summed E-state index contributed by atoms with van der Waals surface area (Å²) >= 11 is 0. The van der Waals surface area contributed by atoms with Crippen molar-refractivity contribution < 1.29 is 19.1 Å². The Labute approximate surface area is 146 Å². The van der Waals surface area contributed by atoms with E-state index in [4.69, 9.17) is 9.47 Å². The fourth-order valence-corrected chi connectivity index (χ4v) is 2.73. The average Bonchev–Trinajstić information content (AvgIpc) is 2.45. The summed E-state index contributed by atoms with van der Waals surface area (Å²) in [6, 6.07) is 0.0430. The van der Waals surface area contributed by atoms with E-state index in [0.29, 0.717) is 25.6 Å². The summed E-state index contributed by atoms with van der Waals surface area (Å²) in [7, 11) is 0. The van der Waals surface area contributed by atoms with E-state index in [1.54, 1.807) is 11.8 Å². The molecule has 6 heteroatoms. The second-order valence-corrected chi connectivity index (χ2v) is 7.82. The number of amides is 1. The van der Waals surface area contributed by atoms with E-state index < -0.39 is 5.60 Å². The molecule has 1 heterocycles. The topological polar surface area (TPSA) is 67.9 Å². The highest BCUT2D eigenvalue weighted by Gasteiger charge is 2.38. The molecule has 0 unspecified atom stereocenters. The van der Waals surface area contributed by atoms with Gasteiger partial charge in [-0.3, -0.25) is 4.79 Å². The minimum atomic E-state index is -0.539. The number of carbonyl (C=O) groups excluding carboxylic acids is 2. The third-order valence-electron chi connectivity index (χ3n) is 3.98. The highest BCUT2D eigenvalue weighted by molar-refractivity contribution is 5.75. The molecule has 0 saturated carbocycles. The zero-order valence-electron chi connectivity index (χ0n) is 16.1. The van der Waals surface area contributed by atoms with Crippen molar-refractivity contribution in [3.8, 4) is 0 Å². The van der Waals surface area contributed by atoms with Crippen molar-refractivity contribution >= 4 is 12.1 Å². The number of nitrogens with one attached hydrogen (secondary N) is 1. The van der Waals surface area contributed by atoms with E-state index in [2.05, 4.69) is 19.2 Å². The van der Waals surface area contributed by atoms with Crippen LogP contribution in [0, 0.1) is 11.8 Å². The monoisotopic (exact) mass is 342 g/mol. The van der Waals surface area contributed by atoms with Crippen LogP contribution >= 0.6 is 0 Å². The summed E-state index contributed by atoms with van der Waals surface area (Å²) in [4.78, 5) is 26.2. The Hall–Kier alpha value is -1.30. The SMILES string of the molecule is CCOC(=O)[C@@H]1CN(C(=O)OC(C)(C)C)CC[C@H]1NCCC(C)C. The number of hydrogen-bond acceptors (Lipinski definition) is 5. The number of esters is 1. The van der Waals surface area contributed by atoms with Crippen LogP contribution in [0.1, 0.15) is 54.4 Å². The Kier molecular flexibility index (Phi) is 8.00. The molecular weight excluding hydrogens is 308 g/mol. The third kappa shape index (κ3) is 7.07. The Morgan fingerprint density at radius 2 is 1.96 bits per heavy atom. The van der Waals surface area contributed by atoms with E-state index in [-0.39, 0.29) is 24.0 Å². The lowest BCUT2D eigenvalue weighted by molar-refractivity contribution is -0.150. The predicted octanol–water partition coefficient (Wildman–Crippen LogP) is 2.81. The maximum Gasteiger partial charge on any atom is 0.410 e. The Morgan fingerprint density at radius 3 is 2.50 bits per heavy atom. The van der Waals surface area contributed by atoms with E-state index in [1.807, 2.05) is 20.8 Å². The summed E-state index contributed by atoms with van der Waals surface area (Å²) in [5, 5.41) is 3.47. The van der Waals surface area contributed by atoms with Gasteiger partial charge >= 0.3 is 12.1 Å². The van der Waals surface area contributed by atoms with Crippen LogP contribution in [0.25, 0.3) is 0 Å². The van der Waals surface area contributed by atoms with Crippen LogP contribution in [0.15, 0.2) is 0 Å². The van der Waals surface area contributed by atoms with Crippen molar-refractivity contribution in [3.63, 3.8) is 0 Å².